The Bertz CT molecular complexity index is 1190. The van der Waals surface area contributed by atoms with Crippen LogP contribution in [0.15, 0.2) is 78.9 Å². The van der Waals surface area contributed by atoms with Gasteiger partial charge in [0.1, 0.15) is 24.2 Å². The maximum atomic E-state index is 11.4. The first-order valence-electron chi connectivity index (χ1n) is 10.6. The Kier molecular flexibility index (Phi) is 6.52. The number of para-hydroxylation sites is 3. The van der Waals surface area contributed by atoms with Crippen molar-refractivity contribution in [1.29, 1.82) is 0 Å². The van der Waals surface area contributed by atoms with Crippen LogP contribution in [0.4, 0.5) is 0 Å². The van der Waals surface area contributed by atoms with Gasteiger partial charge in [0.25, 0.3) is 0 Å². The molecule has 0 saturated carbocycles. The Hall–Kier alpha value is -3.64. The highest BCUT2D eigenvalue weighted by molar-refractivity contribution is 5.94. The largest absolute Gasteiger partial charge is 0.491 e. The van der Waals surface area contributed by atoms with Crippen molar-refractivity contribution in [3.8, 4) is 11.5 Å². The van der Waals surface area contributed by atoms with Gasteiger partial charge >= 0.3 is 0 Å². The van der Waals surface area contributed by atoms with Crippen molar-refractivity contribution < 1.29 is 19.4 Å². The molecule has 4 rings (SSSR count). The Morgan fingerprint density at radius 2 is 1.66 bits per heavy atom. The van der Waals surface area contributed by atoms with E-state index < -0.39 is 6.10 Å². The summed E-state index contributed by atoms with van der Waals surface area (Å²) in [4.78, 5) is 16.2. The average molecular weight is 431 g/mol. The summed E-state index contributed by atoms with van der Waals surface area (Å²) in [5, 5.41) is 10.7. The molecule has 1 aromatic heterocycles. The zero-order chi connectivity index (χ0) is 22.5. The third-order valence-electron chi connectivity index (χ3n) is 5.20. The first kappa shape index (κ1) is 21.6. The summed E-state index contributed by atoms with van der Waals surface area (Å²) in [6.45, 7) is 3.89. The van der Waals surface area contributed by atoms with Crippen LogP contribution in [0, 0.1) is 0 Å². The number of fused-ring (bicyclic) bond motifs is 1. The van der Waals surface area contributed by atoms with E-state index in [0.717, 1.165) is 22.6 Å². The minimum Gasteiger partial charge on any atom is -0.491 e. The number of rotatable bonds is 9. The summed E-state index contributed by atoms with van der Waals surface area (Å²) >= 11 is 0. The first-order chi connectivity index (χ1) is 15.5. The van der Waals surface area contributed by atoms with Gasteiger partial charge in [0.15, 0.2) is 17.7 Å². The third-order valence-corrected chi connectivity index (χ3v) is 5.20. The number of ketones is 1. The van der Waals surface area contributed by atoms with Crippen LogP contribution in [-0.2, 0) is 6.54 Å². The molecule has 3 aromatic carbocycles. The van der Waals surface area contributed by atoms with Crippen LogP contribution in [-0.4, -0.2) is 33.2 Å². The lowest BCUT2D eigenvalue weighted by atomic mass is 10.1. The number of benzene rings is 3. The van der Waals surface area contributed by atoms with Crippen LogP contribution in [0.2, 0.25) is 0 Å². The third kappa shape index (κ3) is 4.98. The Morgan fingerprint density at radius 1 is 0.969 bits per heavy atom. The van der Waals surface area contributed by atoms with Gasteiger partial charge in [-0.2, -0.15) is 0 Å². The van der Waals surface area contributed by atoms with E-state index in [2.05, 4.69) is 0 Å². The second-order valence-corrected chi connectivity index (χ2v) is 7.69. The van der Waals surface area contributed by atoms with Gasteiger partial charge in [-0.3, -0.25) is 4.79 Å². The number of carbonyl (C=O) groups is 1. The van der Waals surface area contributed by atoms with E-state index in [1.807, 2.05) is 66.1 Å². The standard InChI is InChI=1S/C26H26N2O4/c1-18(29)20-12-14-22(15-13-20)31-17-21(30)16-28-25-11-7-6-10-24(25)27-26(28)19(2)32-23-8-4-3-5-9-23/h3-15,19,21,30H,16-17H2,1-2H3/t19-,21+/m1/s1. The maximum absolute atomic E-state index is 11.4. The number of aromatic nitrogens is 2. The molecule has 0 fully saturated rings. The molecule has 0 aliphatic carbocycles. The van der Waals surface area contributed by atoms with Crippen molar-refractivity contribution in [2.45, 2.75) is 32.6 Å². The predicted molar refractivity (Wildman–Crippen MR) is 123 cm³/mol. The van der Waals surface area contributed by atoms with Crippen LogP contribution in [0.1, 0.15) is 36.1 Å². The molecule has 4 aromatic rings. The second kappa shape index (κ2) is 9.66. The van der Waals surface area contributed by atoms with Crippen LogP contribution in [0.5, 0.6) is 11.5 Å². The van der Waals surface area contributed by atoms with Gasteiger partial charge in [0, 0.05) is 5.56 Å². The quantitative estimate of drug-likeness (QED) is 0.386. The van der Waals surface area contributed by atoms with Crippen molar-refractivity contribution in [1.82, 2.24) is 9.55 Å². The number of hydrogen-bond donors (Lipinski definition) is 1. The molecule has 0 aliphatic rings. The molecule has 0 bridgehead atoms. The highest BCUT2D eigenvalue weighted by Gasteiger charge is 2.20. The molecular weight excluding hydrogens is 404 g/mol. The number of nitrogens with zero attached hydrogens (tertiary/aromatic N) is 2. The maximum Gasteiger partial charge on any atom is 0.159 e. The Labute approximate surface area is 187 Å². The number of Topliss-reactive ketones (excluding diaryl/α,β-unsaturated/α-hetero) is 1. The lowest BCUT2D eigenvalue weighted by Crippen LogP contribution is -2.25. The lowest BCUT2D eigenvalue weighted by molar-refractivity contribution is 0.0903. The normalized spacial score (nSPS) is 13.0. The molecule has 6 heteroatoms. The molecule has 0 amide bonds. The van der Waals surface area contributed by atoms with Crippen molar-refractivity contribution in [3.05, 3.63) is 90.3 Å². The van der Waals surface area contributed by atoms with Crippen LogP contribution in [0.3, 0.4) is 0 Å². The molecule has 6 nitrogen and oxygen atoms in total. The lowest BCUT2D eigenvalue weighted by Gasteiger charge is -2.19. The monoisotopic (exact) mass is 430 g/mol. The molecule has 0 aliphatic heterocycles. The second-order valence-electron chi connectivity index (χ2n) is 7.69. The first-order valence-corrected chi connectivity index (χ1v) is 10.6. The average Bonchev–Trinajstić information content (AvgIpc) is 3.17. The fraction of sp³-hybridized carbons (Fsp3) is 0.231. The van der Waals surface area contributed by atoms with Crippen molar-refractivity contribution in [2.24, 2.45) is 0 Å². The molecule has 2 atom stereocenters. The molecule has 0 spiro atoms. The summed E-state index contributed by atoms with van der Waals surface area (Å²) < 4.78 is 13.8. The molecule has 0 saturated heterocycles. The van der Waals surface area contributed by atoms with Gasteiger partial charge in [0.05, 0.1) is 17.6 Å². The highest BCUT2D eigenvalue weighted by Crippen LogP contribution is 2.25. The van der Waals surface area contributed by atoms with E-state index in [9.17, 15) is 9.90 Å². The summed E-state index contributed by atoms with van der Waals surface area (Å²) in [6.07, 6.45) is -1.07. The summed E-state index contributed by atoms with van der Waals surface area (Å²) in [7, 11) is 0. The summed E-state index contributed by atoms with van der Waals surface area (Å²) in [6, 6.07) is 24.3. The number of ether oxygens (including phenoxy) is 2. The number of aliphatic hydroxyl groups is 1. The zero-order valence-corrected chi connectivity index (χ0v) is 18.1. The minimum atomic E-state index is -0.761. The van der Waals surface area contributed by atoms with Crippen LogP contribution in [0.25, 0.3) is 11.0 Å². The van der Waals surface area contributed by atoms with E-state index in [4.69, 9.17) is 14.5 Å². The number of carbonyl (C=O) groups excluding carboxylic acids is 1. The molecule has 1 heterocycles. The van der Waals surface area contributed by atoms with E-state index >= 15 is 0 Å². The van der Waals surface area contributed by atoms with Gasteiger partial charge < -0.3 is 19.1 Å². The predicted octanol–water partition coefficient (Wildman–Crippen LogP) is 4.82. The van der Waals surface area contributed by atoms with Gasteiger partial charge in [0.2, 0.25) is 0 Å². The van der Waals surface area contributed by atoms with E-state index in [0.29, 0.717) is 17.9 Å². The molecule has 164 valence electrons. The fourth-order valence-electron chi connectivity index (χ4n) is 3.59. The number of imidazole rings is 1. The molecule has 32 heavy (non-hydrogen) atoms. The number of hydrogen-bond acceptors (Lipinski definition) is 5. The fourth-order valence-corrected chi connectivity index (χ4v) is 3.59. The van der Waals surface area contributed by atoms with E-state index in [1.165, 1.54) is 6.92 Å². The summed E-state index contributed by atoms with van der Waals surface area (Å²) in [5.41, 5.74) is 2.40. The van der Waals surface area contributed by atoms with Gasteiger partial charge in [-0.1, -0.05) is 30.3 Å². The summed E-state index contributed by atoms with van der Waals surface area (Å²) in [5.74, 6) is 2.10. The van der Waals surface area contributed by atoms with Gasteiger partial charge in [-0.05, 0) is 62.4 Å². The van der Waals surface area contributed by atoms with Gasteiger partial charge in [-0.25, -0.2) is 4.98 Å². The van der Waals surface area contributed by atoms with E-state index in [1.54, 1.807) is 24.3 Å². The van der Waals surface area contributed by atoms with Crippen LogP contribution >= 0.6 is 0 Å². The van der Waals surface area contributed by atoms with E-state index in [-0.39, 0.29) is 18.5 Å². The smallest absolute Gasteiger partial charge is 0.159 e. The topological polar surface area (TPSA) is 73.6 Å². The number of aliphatic hydroxyl groups excluding tert-OH is 1. The zero-order valence-electron chi connectivity index (χ0n) is 18.1. The minimum absolute atomic E-state index is 0.00272. The Balaban J connectivity index is 1.49. The van der Waals surface area contributed by atoms with Gasteiger partial charge in [-0.15, -0.1) is 0 Å². The highest BCUT2D eigenvalue weighted by atomic mass is 16.5. The Morgan fingerprint density at radius 3 is 2.38 bits per heavy atom. The molecule has 0 radical (unpaired) electrons. The van der Waals surface area contributed by atoms with Crippen molar-refractivity contribution in [3.63, 3.8) is 0 Å². The molecular formula is C26H26N2O4. The molecule has 0 unspecified atom stereocenters. The SMILES string of the molecule is CC(=O)c1ccc(OC[C@@H](O)Cn2c([C@@H](C)Oc3ccccc3)nc3ccccc32)cc1. The van der Waals surface area contributed by atoms with Crippen molar-refractivity contribution in [2.75, 3.05) is 6.61 Å². The van der Waals surface area contributed by atoms with Crippen LogP contribution < -0.4 is 9.47 Å². The molecule has 1 N–H and O–H groups in total. The van der Waals surface area contributed by atoms with Crippen molar-refractivity contribution >= 4 is 16.8 Å².